The monoisotopic (exact) mass is 328 g/mol. The fourth-order valence-corrected chi connectivity index (χ4v) is 3.00. The van der Waals surface area contributed by atoms with Crippen LogP contribution < -0.4 is 0 Å². The quantitative estimate of drug-likeness (QED) is 0.800. The highest BCUT2D eigenvalue weighted by atomic mass is 19.1. The van der Waals surface area contributed by atoms with Gasteiger partial charge in [0.1, 0.15) is 17.3 Å². The number of ether oxygens (including phenoxy) is 1. The van der Waals surface area contributed by atoms with Crippen LogP contribution in [0.25, 0.3) is 22.2 Å². The number of phenols is 1. The van der Waals surface area contributed by atoms with E-state index in [2.05, 4.69) is 10.1 Å². The van der Waals surface area contributed by atoms with Gasteiger partial charge in [-0.2, -0.15) is 0 Å². The third-order valence-electron chi connectivity index (χ3n) is 4.32. The highest BCUT2D eigenvalue weighted by Gasteiger charge is 2.20. The van der Waals surface area contributed by atoms with Gasteiger partial charge in [-0.3, -0.25) is 4.90 Å². The van der Waals surface area contributed by atoms with E-state index in [1.807, 2.05) is 0 Å². The van der Waals surface area contributed by atoms with Gasteiger partial charge in [-0.25, -0.2) is 4.39 Å². The predicted octanol–water partition coefficient (Wildman–Crippen LogP) is 3.17. The molecular formula is C18H17FN2O3. The normalized spacial score (nSPS) is 15.9. The summed E-state index contributed by atoms with van der Waals surface area (Å²) in [7, 11) is 0. The molecule has 1 fully saturated rings. The lowest BCUT2D eigenvalue weighted by atomic mass is 10.0. The van der Waals surface area contributed by atoms with Gasteiger partial charge in [-0.05, 0) is 36.4 Å². The van der Waals surface area contributed by atoms with Gasteiger partial charge in [0.25, 0.3) is 0 Å². The Bertz CT molecular complexity index is 855. The number of rotatable bonds is 3. The second-order valence-corrected chi connectivity index (χ2v) is 5.87. The van der Waals surface area contributed by atoms with E-state index in [-0.39, 0.29) is 11.6 Å². The lowest BCUT2D eigenvalue weighted by Crippen LogP contribution is -2.35. The summed E-state index contributed by atoms with van der Waals surface area (Å²) in [4.78, 5) is 2.21. The molecule has 0 saturated carbocycles. The average molecular weight is 328 g/mol. The first-order valence-electron chi connectivity index (χ1n) is 7.88. The van der Waals surface area contributed by atoms with Gasteiger partial charge < -0.3 is 14.4 Å². The van der Waals surface area contributed by atoms with Crippen LogP contribution in [0.15, 0.2) is 40.9 Å². The summed E-state index contributed by atoms with van der Waals surface area (Å²) in [6.07, 6.45) is 0. The molecule has 124 valence electrons. The molecule has 4 rings (SSSR count). The number of hydrogen-bond acceptors (Lipinski definition) is 5. The van der Waals surface area contributed by atoms with E-state index in [0.717, 1.165) is 29.6 Å². The second kappa shape index (κ2) is 6.22. The van der Waals surface area contributed by atoms with E-state index in [1.165, 1.54) is 12.1 Å². The van der Waals surface area contributed by atoms with Gasteiger partial charge in [-0.15, -0.1) is 0 Å². The number of aromatic nitrogens is 1. The molecule has 1 saturated heterocycles. The van der Waals surface area contributed by atoms with Crippen molar-refractivity contribution in [1.82, 2.24) is 10.1 Å². The van der Waals surface area contributed by atoms with Crippen LogP contribution in [0.2, 0.25) is 0 Å². The summed E-state index contributed by atoms with van der Waals surface area (Å²) in [5.41, 5.74) is 2.71. The zero-order valence-electron chi connectivity index (χ0n) is 13.0. The average Bonchev–Trinajstić information content (AvgIpc) is 3.03. The molecule has 0 spiro atoms. The van der Waals surface area contributed by atoms with Crippen LogP contribution in [0.4, 0.5) is 4.39 Å². The van der Waals surface area contributed by atoms with E-state index in [9.17, 15) is 9.50 Å². The van der Waals surface area contributed by atoms with E-state index in [0.29, 0.717) is 31.0 Å². The van der Waals surface area contributed by atoms with Gasteiger partial charge in [0.05, 0.1) is 24.2 Å². The fourth-order valence-electron chi connectivity index (χ4n) is 3.00. The smallest absolute Gasteiger partial charge is 0.175 e. The maximum atomic E-state index is 13.1. The number of morpholine rings is 1. The number of halogens is 1. The van der Waals surface area contributed by atoms with Gasteiger partial charge in [0.15, 0.2) is 5.58 Å². The van der Waals surface area contributed by atoms with Crippen molar-refractivity contribution in [2.45, 2.75) is 6.54 Å². The van der Waals surface area contributed by atoms with E-state index in [4.69, 9.17) is 9.26 Å². The summed E-state index contributed by atoms with van der Waals surface area (Å²) in [5, 5.41) is 15.2. The zero-order valence-corrected chi connectivity index (χ0v) is 13.0. The van der Waals surface area contributed by atoms with Crippen molar-refractivity contribution >= 4 is 11.0 Å². The molecule has 0 bridgehead atoms. The number of hydrogen-bond donors (Lipinski definition) is 1. The van der Waals surface area contributed by atoms with Crippen molar-refractivity contribution in [2.75, 3.05) is 26.3 Å². The maximum absolute atomic E-state index is 13.1. The Morgan fingerprint density at radius 1 is 1.08 bits per heavy atom. The molecule has 1 aliphatic rings. The lowest BCUT2D eigenvalue weighted by molar-refractivity contribution is 0.0339. The standard InChI is InChI=1S/C18H17FN2O3/c19-13-3-1-12(2-4-13)17-14-5-6-16(22)15(18(14)24-20-17)11-21-7-9-23-10-8-21/h1-6,22H,7-11H2. The third-order valence-corrected chi connectivity index (χ3v) is 4.32. The number of fused-ring (bicyclic) bond motifs is 1. The Morgan fingerprint density at radius 2 is 1.83 bits per heavy atom. The zero-order chi connectivity index (χ0) is 16.5. The Kier molecular flexibility index (Phi) is 3.92. The largest absolute Gasteiger partial charge is 0.507 e. The van der Waals surface area contributed by atoms with Crippen molar-refractivity contribution in [2.24, 2.45) is 0 Å². The Labute approximate surface area is 138 Å². The van der Waals surface area contributed by atoms with Crippen LogP contribution in [0, 0.1) is 5.82 Å². The predicted molar refractivity (Wildman–Crippen MR) is 87.2 cm³/mol. The highest BCUT2D eigenvalue weighted by Crippen LogP contribution is 2.34. The molecule has 0 atom stereocenters. The number of phenolic OH excluding ortho intramolecular Hbond substituents is 1. The molecule has 1 aliphatic heterocycles. The minimum absolute atomic E-state index is 0.191. The van der Waals surface area contributed by atoms with E-state index < -0.39 is 0 Å². The molecule has 2 heterocycles. The molecule has 1 N–H and O–H groups in total. The molecule has 0 radical (unpaired) electrons. The van der Waals surface area contributed by atoms with Crippen molar-refractivity contribution in [3.63, 3.8) is 0 Å². The first-order valence-corrected chi connectivity index (χ1v) is 7.88. The third kappa shape index (κ3) is 2.74. The highest BCUT2D eigenvalue weighted by molar-refractivity contribution is 5.94. The summed E-state index contributed by atoms with van der Waals surface area (Å²) in [6, 6.07) is 9.56. The Morgan fingerprint density at radius 3 is 2.58 bits per heavy atom. The molecule has 24 heavy (non-hydrogen) atoms. The van der Waals surface area contributed by atoms with Crippen LogP contribution in [0.3, 0.4) is 0 Å². The van der Waals surface area contributed by atoms with Gasteiger partial charge in [-0.1, -0.05) is 5.16 Å². The van der Waals surface area contributed by atoms with Crippen molar-refractivity contribution < 1.29 is 18.8 Å². The minimum atomic E-state index is -0.294. The Hall–Kier alpha value is -2.44. The summed E-state index contributed by atoms with van der Waals surface area (Å²) in [5.74, 6) is -0.104. The number of aromatic hydroxyl groups is 1. The fraction of sp³-hybridized carbons (Fsp3) is 0.278. The minimum Gasteiger partial charge on any atom is -0.507 e. The molecule has 5 nitrogen and oxygen atoms in total. The topological polar surface area (TPSA) is 58.7 Å². The number of benzene rings is 2. The number of nitrogens with zero attached hydrogens (tertiary/aromatic N) is 2. The molecule has 3 aromatic rings. The molecule has 6 heteroatoms. The Balaban J connectivity index is 1.74. The second-order valence-electron chi connectivity index (χ2n) is 5.87. The molecule has 0 unspecified atom stereocenters. The van der Waals surface area contributed by atoms with E-state index in [1.54, 1.807) is 24.3 Å². The van der Waals surface area contributed by atoms with Crippen molar-refractivity contribution in [3.05, 3.63) is 47.8 Å². The molecule has 0 amide bonds. The van der Waals surface area contributed by atoms with Crippen LogP contribution >= 0.6 is 0 Å². The van der Waals surface area contributed by atoms with Crippen LogP contribution in [-0.2, 0) is 11.3 Å². The molecular weight excluding hydrogens is 311 g/mol. The van der Waals surface area contributed by atoms with Gasteiger partial charge in [0.2, 0.25) is 0 Å². The summed E-state index contributed by atoms with van der Waals surface area (Å²) < 4.78 is 24.0. The van der Waals surface area contributed by atoms with Gasteiger partial charge in [0, 0.05) is 25.2 Å². The SMILES string of the molecule is Oc1ccc2c(-c3ccc(F)cc3)noc2c1CN1CCOCC1. The van der Waals surface area contributed by atoms with Crippen LogP contribution in [-0.4, -0.2) is 41.5 Å². The molecule has 0 aliphatic carbocycles. The molecule has 2 aromatic carbocycles. The lowest BCUT2D eigenvalue weighted by Gasteiger charge is -2.26. The van der Waals surface area contributed by atoms with E-state index >= 15 is 0 Å². The first-order chi connectivity index (χ1) is 11.7. The van der Waals surface area contributed by atoms with Crippen LogP contribution in [0.5, 0.6) is 5.75 Å². The summed E-state index contributed by atoms with van der Waals surface area (Å²) in [6.45, 7) is 3.58. The molecule has 1 aromatic heterocycles. The van der Waals surface area contributed by atoms with Crippen molar-refractivity contribution in [1.29, 1.82) is 0 Å². The summed E-state index contributed by atoms with van der Waals surface area (Å²) >= 11 is 0. The van der Waals surface area contributed by atoms with Crippen molar-refractivity contribution in [3.8, 4) is 17.0 Å². The van der Waals surface area contributed by atoms with Crippen LogP contribution in [0.1, 0.15) is 5.56 Å². The maximum Gasteiger partial charge on any atom is 0.175 e. The van der Waals surface area contributed by atoms with Gasteiger partial charge >= 0.3 is 0 Å². The first kappa shape index (κ1) is 15.1.